The molecule has 0 bridgehead atoms. The van der Waals surface area contributed by atoms with Crippen LogP contribution in [0.3, 0.4) is 0 Å². The van der Waals surface area contributed by atoms with E-state index in [1.165, 1.54) is 13.1 Å². The number of nitrogens with zero attached hydrogens (tertiary/aromatic N) is 8. The van der Waals surface area contributed by atoms with Crippen molar-refractivity contribution < 1.29 is 15.9 Å². The fourth-order valence-electron chi connectivity index (χ4n) is 3.56. The van der Waals surface area contributed by atoms with E-state index in [1.54, 1.807) is 24.0 Å². The summed E-state index contributed by atoms with van der Waals surface area (Å²) < 4.78 is 62.4. The van der Waals surface area contributed by atoms with Crippen molar-refractivity contribution >= 4 is 34.1 Å². The first-order valence-corrected chi connectivity index (χ1v) is 10.9. The van der Waals surface area contributed by atoms with Crippen LogP contribution in [0.2, 0.25) is 5.02 Å². The van der Waals surface area contributed by atoms with E-state index in [0.717, 1.165) is 11.0 Å². The topological polar surface area (TPSA) is 117 Å². The Morgan fingerprint density at radius 1 is 1.00 bits per heavy atom. The molecule has 3 heterocycles. The molecule has 5 rings (SSSR count). The number of hydrogen-bond acceptors (Lipinski definition) is 7. The second-order valence-corrected chi connectivity index (χ2v) is 8.36. The Balaban J connectivity index is 1.71. The van der Waals surface area contributed by atoms with Crippen LogP contribution in [0, 0.1) is 17.5 Å². The van der Waals surface area contributed by atoms with Crippen LogP contribution in [0.25, 0.3) is 10.9 Å². The number of aryl methyl sites for hydroxylation is 2. The molecule has 0 fully saturated rings. The largest absolute Gasteiger partial charge is 0.355 e. The van der Waals surface area contributed by atoms with E-state index in [9.17, 15) is 22.8 Å². The molecule has 0 radical (unpaired) electrons. The third-order valence-electron chi connectivity index (χ3n) is 5.25. The van der Waals surface area contributed by atoms with Gasteiger partial charge in [-0.15, -0.1) is 0 Å². The van der Waals surface area contributed by atoms with Gasteiger partial charge in [-0.2, -0.15) is 15.2 Å². The lowest BCUT2D eigenvalue weighted by Gasteiger charge is -2.16. The summed E-state index contributed by atoms with van der Waals surface area (Å²) >= 11 is 6.36. The normalized spacial score (nSPS) is 12.6. The van der Waals surface area contributed by atoms with Gasteiger partial charge in [-0.3, -0.25) is 13.9 Å². The first-order valence-electron chi connectivity index (χ1n) is 11.5. The second kappa shape index (κ2) is 9.20. The van der Waals surface area contributed by atoms with Crippen LogP contribution in [0.15, 0.2) is 46.4 Å². The molecule has 0 atom stereocenters. The Morgan fingerprint density at radius 3 is 2.49 bits per heavy atom. The monoisotopic (exact) mass is 533 g/mol. The fraction of sp³-hybridized carbons (Fsp3) is 0.182. The molecule has 0 saturated heterocycles. The fourth-order valence-corrected chi connectivity index (χ4v) is 3.76. The van der Waals surface area contributed by atoms with Crippen molar-refractivity contribution in [2.45, 2.75) is 13.0 Å². The van der Waals surface area contributed by atoms with E-state index in [4.69, 9.17) is 14.3 Å². The first kappa shape index (κ1) is 21.8. The number of hydrogen-bond donors (Lipinski definition) is 1. The molecule has 0 spiro atoms. The number of halogens is 4. The van der Waals surface area contributed by atoms with Crippen molar-refractivity contribution in [2.24, 2.45) is 14.1 Å². The van der Waals surface area contributed by atoms with Crippen LogP contribution >= 0.6 is 11.6 Å². The van der Waals surface area contributed by atoms with Gasteiger partial charge < -0.3 is 5.32 Å². The number of aromatic nitrogens is 8. The van der Waals surface area contributed by atoms with Crippen molar-refractivity contribution in [1.82, 2.24) is 38.7 Å². The molecule has 3 aromatic heterocycles. The maximum atomic E-state index is 14.6. The minimum atomic E-state index is -2.89. The molecule has 0 unspecified atom stereocenters. The average molecular weight is 534 g/mol. The molecule has 11 nitrogen and oxygen atoms in total. The van der Waals surface area contributed by atoms with Crippen LogP contribution in [0.5, 0.6) is 0 Å². The Morgan fingerprint density at radius 2 is 1.76 bits per heavy atom. The second-order valence-electron chi connectivity index (χ2n) is 7.95. The lowest BCUT2D eigenvalue weighted by Crippen LogP contribution is -2.43. The Hall–Kier alpha value is -4.46. The standard InChI is InChI=1S/C22H17ClF3N9O2/c1-32-7-12-4-18(13(23)5-17(12)30-32)28-20-29-21(36)35(9-19-27-10-33(2)31-19)22(37)34(20)8-11-3-15(25)16(26)6-14(11)24/h3-7,10H,8-9H2,1-2H3,(H,28,29,36)/i9D2. The van der Waals surface area contributed by atoms with E-state index >= 15 is 0 Å². The minimum absolute atomic E-state index is 0.123. The lowest BCUT2D eigenvalue weighted by atomic mass is 10.2. The van der Waals surface area contributed by atoms with Crippen LogP contribution in [-0.4, -0.2) is 38.7 Å². The molecule has 0 aliphatic heterocycles. The van der Waals surface area contributed by atoms with Crippen molar-refractivity contribution in [3.05, 3.63) is 91.6 Å². The predicted octanol–water partition coefficient (Wildman–Crippen LogP) is 2.33. The van der Waals surface area contributed by atoms with Gasteiger partial charge in [0.1, 0.15) is 12.1 Å². The molecular weight excluding hydrogens is 515 g/mol. The predicted molar refractivity (Wildman–Crippen MR) is 127 cm³/mol. The van der Waals surface area contributed by atoms with E-state index < -0.39 is 59.2 Å². The minimum Gasteiger partial charge on any atom is -0.324 e. The molecule has 2 aromatic carbocycles. The van der Waals surface area contributed by atoms with Gasteiger partial charge in [-0.1, -0.05) is 11.6 Å². The highest BCUT2D eigenvalue weighted by atomic mass is 35.5. The van der Waals surface area contributed by atoms with Gasteiger partial charge in [0.2, 0.25) is 5.95 Å². The summed E-state index contributed by atoms with van der Waals surface area (Å²) in [5.74, 6) is -5.01. The summed E-state index contributed by atoms with van der Waals surface area (Å²) in [6.07, 6.45) is 2.84. The molecular formula is C22H17ClF3N9O2. The van der Waals surface area contributed by atoms with Crippen LogP contribution in [0.4, 0.5) is 24.8 Å². The van der Waals surface area contributed by atoms with Crippen molar-refractivity contribution in [2.75, 3.05) is 5.32 Å². The Bertz CT molecular complexity index is 1880. The number of fused-ring (bicyclic) bond motifs is 1. The summed E-state index contributed by atoms with van der Waals surface area (Å²) in [5, 5.41) is 11.6. The summed E-state index contributed by atoms with van der Waals surface area (Å²) in [7, 11) is 3.15. The molecule has 37 heavy (non-hydrogen) atoms. The van der Waals surface area contributed by atoms with Crippen LogP contribution in [-0.2, 0) is 27.1 Å². The van der Waals surface area contributed by atoms with Gasteiger partial charge >= 0.3 is 11.4 Å². The van der Waals surface area contributed by atoms with Gasteiger partial charge in [0.25, 0.3) is 0 Å². The molecule has 0 amide bonds. The van der Waals surface area contributed by atoms with Gasteiger partial charge in [0.05, 0.1) is 32.0 Å². The zero-order valence-corrected chi connectivity index (χ0v) is 19.8. The van der Waals surface area contributed by atoms with Crippen molar-refractivity contribution in [3.8, 4) is 0 Å². The maximum absolute atomic E-state index is 14.6. The zero-order valence-electron chi connectivity index (χ0n) is 21.1. The molecule has 1 N–H and O–H groups in total. The van der Waals surface area contributed by atoms with Gasteiger partial charge in [0.15, 0.2) is 17.5 Å². The third-order valence-corrected chi connectivity index (χ3v) is 5.57. The smallest absolute Gasteiger partial charge is 0.324 e. The highest BCUT2D eigenvalue weighted by molar-refractivity contribution is 6.34. The van der Waals surface area contributed by atoms with Crippen LogP contribution < -0.4 is 16.7 Å². The summed E-state index contributed by atoms with van der Waals surface area (Å²) in [4.78, 5) is 34.2. The van der Waals surface area contributed by atoms with Crippen molar-refractivity contribution in [3.63, 3.8) is 0 Å². The number of nitrogens with one attached hydrogen (secondary N) is 1. The molecule has 5 aromatic rings. The molecule has 0 aliphatic rings. The highest BCUT2D eigenvalue weighted by Crippen LogP contribution is 2.29. The number of rotatable bonds is 6. The van der Waals surface area contributed by atoms with E-state index in [1.807, 2.05) is 0 Å². The summed E-state index contributed by atoms with van der Waals surface area (Å²) in [6.45, 7) is -3.66. The number of benzene rings is 2. The summed E-state index contributed by atoms with van der Waals surface area (Å²) in [5.41, 5.74) is -2.39. The maximum Gasteiger partial charge on any atom is 0.355 e. The van der Waals surface area contributed by atoms with Crippen LogP contribution in [0.1, 0.15) is 14.1 Å². The summed E-state index contributed by atoms with van der Waals surface area (Å²) in [6, 6.07) is 3.92. The first-order chi connectivity index (χ1) is 18.3. The average Bonchev–Trinajstić information content (AvgIpc) is 3.44. The molecule has 190 valence electrons. The zero-order chi connectivity index (χ0) is 28.2. The molecule has 15 heteroatoms. The lowest BCUT2D eigenvalue weighted by molar-refractivity contribution is 0.485. The number of anilines is 2. The molecule has 0 saturated carbocycles. The van der Waals surface area contributed by atoms with Crippen molar-refractivity contribution in [1.29, 1.82) is 0 Å². The van der Waals surface area contributed by atoms with Gasteiger partial charge in [-0.05, 0) is 18.2 Å². The van der Waals surface area contributed by atoms with E-state index in [-0.39, 0.29) is 15.3 Å². The quantitative estimate of drug-likeness (QED) is 0.333. The highest BCUT2D eigenvalue weighted by Gasteiger charge is 2.19. The SMILES string of the molecule is [2H]C([2H])(c1ncn(C)n1)n1c(=O)nc(Nc2cc3cn(C)nc3cc2Cl)n(Cc2cc(F)c(F)cc2F)c1=O. The van der Waals surface area contributed by atoms with E-state index in [0.29, 0.717) is 27.6 Å². The Kier molecular flexibility index (Phi) is 5.42. The third kappa shape index (κ3) is 4.70. The van der Waals surface area contributed by atoms with E-state index in [2.05, 4.69) is 25.5 Å². The van der Waals surface area contributed by atoms with Gasteiger partial charge in [-0.25, -0.2) is 32.3 Å². The van der Waals surface area contributed by atoms with Gasteiger partial charge in [0, 0.05) is 37.3 Å². The molecule has 0 aliphatic carbocycles. The Labute approximate surface area is 213 Å².